The predicted molar refractivity (Wildman–Crippen MR) is 80.8 cm³/mol. The van der Waals surface area contributed by atoms with Gasteiger partial charge in [0.25, 0.3) is 0 Å². The van der Waals surface area contributed by atoms with Crippen molar-refractivity contribution in [3.05, 3.63) is 45.9 Å². The van der Waals surface area contributed by atoms with Crippen molar-refractivity contribution in [3.8, 4) is 11.5 Å². The van der Waals surface area contributed by atoms with E-state index < -0.39 is 5.97 Å². The normalized spacial score (nSPS) is 10.8. The van der Waals surface area contributed by atoms with Gasteiger partial charge in [-0.3, -0.25) is 0 Å². The number of hydrogen-bond donors (Lipinski definition) is 1. The Hall–Kier alpha value is -2.34. The van der Waals surface area contributed by atoms with E-state index in [9.17, 15) is 4.79 Å². The van der Waals surface area contributed by atoms with Gasteiger partial charge in [0.05, 0.1) is 17.7 Å². The molecule has 0 bridgehead atoms. The molecule has 0 aliphatic carbocycles. The molecule has 2 rings (SSSR count). The predicted octanol–water partition coefficient (Wildman–Crippen LogP) is 3.14. The molecule has 0 saturated carbocycles. The molecule has 1 aromatic carbocycles. The summed E-state index contributed by atoms with van der Waals surface area (Å²) in [6.45, 7) is 2.15. The number of rotatable bonds is 6. The number of hydrogen-bond acceptors (Lipinski definition) is 5. The Morgan fingerprint density at radius 2 is 2.10 bits per heavy atom. The molecule has 6 heteroatoms. The number of benzene rings is 1. The first-order valence-electron chi connectivity index (χ1n) is 6.23. The van der Waals surface area contributed by atoms with Crippen LogP contribution in [0, 0.1) is 6.92 Å². The molecule has 1 N–H and O–H groups in total. The SMILES string of the molecule is COc1ccccc1OCc1nc(C)c(/C=C/C(=O)O)s1. The molecule has 0 saturated heterocycles. The van der Waals surface area contributed by atoms with Gasteiger partial charge in [0, 0.05) is 6.08 Å². The van der Waals surface area contributed by atoms with E-state index in [1.807, 2.05) is 31.2 Å². The summed E-state index contributed by atoms with van der Waals surface area (Å²) in [6.07, 6.45) is 2.65. The number of methoxy groups -OCH3 is 1. The van der Waals surface area contributed by atoms with Crippen LogP contribution in [-0.2, 0) is 11.4 Å². The minimum absolute atomic E-state index is 0.312. The topological polar surface area (TPSA) is 68.7 Å². The van der Waals surface area contributed by atoms with Gasteiger partial charge in [-0.1, -0.05) is 12.1 Å². The van der Waals surface area contributed by atoms with E-state index in [1.165, 1.54) is 11.3 Å². The molecule has 110 valence electrons. The van der Waals surface area contributed by atoms with E-state index in [4.69, 9.17) is 14.6 Å². The summed E-state index contributed by atoms with van der Waals surface area (Å²) in [5.74, 6) is 0.335. The Morgan fingerprint density at radius 1 is 1.38 bits per heavy atom. The summed E-state index contributed by atoms with van der Waals surface area (Å²) in [4.78, 5) is 15.7. The number of thiazole rings is 1. The van der Waals surface area contributed by atoms with E-state index >= 15 is 0 Å². The lowest BCUT2D eigenvalue weighted by Crippen LogP contribution is -1.97. The lowest BCUT2D eigenvalue weighted by atomic mass is 10.3. The van der Waals surface area contributed by atoms with E-state index in [0.717, 1.165) is 21.7 Å². The zero-order chi connectivity index (χ0) is 15.2. The maximum atomic E-state index is 10.5. The molecule has 21 heavy (non-hydrogen) atoms. The molecule has 1 heterocycles. The van der Waals surface area contributed by atoms with Gasteiger partial charge in [-0.25, -0.2) is 9.78 Å². The second-order valence-electron chi connectivity index (χ2n) is 4.17. The van der Waals surface area contributed by atoms with Crippen LogP contribution in [0.15, 0.2) is 30.3 Å². The third kappa shape index (κ3) is 4.06. The lowest BCUT2D eigenvalue weighted by molar-refractivity contribution is -0.131. The Morgan fingerprint density at radius 3 is 2.76 bits per heavy atom. The van der Waals surface area contributed by atoms with Crippen molar-refractivity contribution in [3.63, 3.8) is 0 Å². The monoisotopic (exact) mass is 305 g/mol. The number of aromatic nitrogens is 1. The van der Waals surface area contributed by atoms with Crippen LogP contribution >= 0.6 is 11.3 Å². The van der Waals surface area contributed by atoms with Crippen LogP contribution in [0.2, 0.25) is 0 Å². The molecule has 0 unspecified atom stereocenters. The minimum atomic E-state index is -0.977. The minimum Gasteiger partial charge on any atom is -0.493 e. The fourth-order valence-electron chi connectivity index (χ4n) is 1.71. The molecule has 0 spiro atoms. The van der Waals surface area contributed by atoms with Crippen molar-refractivity contribution in [1.29, 1.82) is 0 Å². The average molecular weight is 305 g/mol. The standard InChI is InChI=1S/C15H15NO4S/c1-10-13(7-8-15(17)18)21-14(16-10)9-20-12-6-4-3-5-11(12)19-2/h3-8H,9H2,1-2H3,(H,17,18)/b8-7+. The van der Waals surface area contributed by atoms with Gasteiger partial charge in [-0.05, 0) is 25.1 Å². The zero-order valence-corrected chi connectivity index (χ0v) is 12.5. The Balaban J connectivity index is 2.07. The fourth-order valence-corrected chi connectivity index (χ4v) is 2.59. The van der Waals surface area contributed by atoms with Crippen molar-refractivity contribution in [1.82, 2.24) is 4.98 Å². The maximum absolute atomic E-state index is 10.5. The van der Waals surface area contributed by atoms with Gasteiger partial charge in [0.15, 0.2) is 11.5 Å². The van der Waals surface area contributed by atoms with E-state index in [0.29, 0.717) is 18.1 Å². The largest absolute Gasteiger partial charge is 0.493 e. The third-order valence-corrected chi connectivity index (χ3v) is 3.77. The highest BCUT2D eigenvalue weighted by atomic mass is 32.1. The van der Waals surface area contributed by atoms with Crippen LogP contribution < -0.4 is 9.47 Å². The number of nitrogens with zero attached hydrogens (tertiary/aromatic N) is 1. The van der Waals surface area contributed by atoms with Crippen LogP contribution in [-0.4, -0.2) is 23.2 Å². The Labute approximate surface area is 126 Å². The quantitative estimate of drug-likeness (QED) is 0.830. The van der Waals surface area contributed by atoms with Crippen molar-refractivity contribution in [2.24, 2.45) is 0 Å². The molecule has 2 aromatic rings. The third-order valence-electron chi connectivity index (χ3n) is 2.67. The highest BCUT2D eigenvalue weighted by Gasteiger charge is 2.08. The first-order chi connectivity index (χ1) is 10.1. The average Bonchev–Trinajstić information content (AvgIpc) is 2.83. The first kappa shape index (κ1) is 15.1. The van der Waals surface area contributed by atoms with E-state index in [1.54, 1.807) is 13.2 Å². The molecule has 0 atom stereocenters. The van der Waals surface area contributed by atoms with Gasteiger partial charge in [-0.15, -0.1) is 11.3 Å². The number of aliphatic carboxylic acids is 1. The maximum Gasteiger partial charge on any atom is 0.328 e. The van der Waals surface area contributed by atoms with Crippen LogP contribution in [0.5, 0.6) is 11.5 Å². The number of para-hydroxylation sites is 2. The van der Waals surface area contributed by atoms with Gasteiger partial charge < -0.3 is 14.6 Å². The summed E-state index contributed by atoms with van der Waals surface area (Å²) in [5.41, 5.74) is 0.788. The molecule has 0 radical (unpaired) electrons. The number of aryl methyl sites for hydroxylation is 1. The van der Waals surface area contributed by atoms with Gasteiger partial charge in [-0.2, -0.15) is 0 Å². The molecule has 0 aliphatic heterocycles. The summed E-state index contributed by atoms with van der Waals surface area (Å²) < 4.78 is 10.9. The van der Waals surface area contributed by atoms with Gasteiger partial charge in [0.1, 0.15) is 11.6 Å². The van der Waals surface area contributed by atoms with E-state index in [2.05, 4.69) is 4.98 Å². The first-order valence-corrected chi connectivity index (χ1v) is 7.05. The molecule has 1 aromatic heterocycles. The van der Waals surface area contributed by atoms with Crippen LogP contribution in [0.4, 0.5) is 0 Å². The lowest BCUT2D eigenvalue weighted by Gasteiger charge is -2.08. The molecule has 0 amide bonds. The molecule has 0 aliphatic rings. The summed E-state index contributed by atoms with van der Waals surface area (Å²) >= 11 is 1.41. The summed E-state index contributed by atoms with van der Waals surface area (Å²) in [7, 11) is 1.59. The second-order valence-corrected chi connectivity index (χ2v) is 5.28. The fraction of sp³-hybridized carbons (Fsp3) is 0.200. The van der Waals surface area contributed by atoms with Gasteiger partial charge in [0.2, 0.25) is 0 Å². The summed E-state index contributed by atoms with van der Waals surface area (Å²) in [6, 6.07) is 7.38. The van der Waals surface area contributed by atoms with Crippen molar-refractivity contribution in [2.75, 3.05) is 7.11 Å². The highest BCUT2D eigenvalue weighted by molar-refractivity contribution is 7.12. The Bertz CT molecular complexity index is 663. The van der Waals surface area contributed by atoms with Crippen molar-refractivity contribution in [2.45, 2.75) is 13.5 Å². The molecular formula is C15H15NO4S. The number of ether oxygens (including phenoxy) is 2. The smallest absolute Gasteiger partial charge is 0.328 e. The number of carbonyl (C=O) groups is 1. The molecular weight excluding hydrogens is 290 g/mol. The molecule has 0 fully saturated rings. The van der Waals surface area contributed by atoms with Crippen LogP contribution in [0.25, 0.3) is 6.08 Å². The Kier molecular flexibility index (Phi) is 4.94. The van der Waals surface area contributed by atoms with Gasteiger partial charge >= 0.3 is 5.97 Å². The zero-order valence-electron chi connectivity index (χ0n) is 11.7. The highest BCUT2D eigenvalue weighted by Crippen LogP contribution is 2.28. The number of carboxylic acids is 1. The van der Waals surface area contributed by atoms with Crippen molar-refractivity contribution < 1.29 is 19.4 Å². The number of carboxylic acid groups (broad SMARTS) is 1. The molecule has 5 nitrogen and oxygen atoms in total. The summed E-state index contributed by atoms with van der Waals surface area (Å²) in [5, 5.41) is 9.42. The van der Waals surface area contributed by atoms with Crippen LogP contribution in [0.3, 0.4) is 0 Å². The van der Waals surface area contributed by atoms with Crippen LogP contribution in [0.1, 0.15) is 15.6 Å². The van der Waals surface area contributed by atoms with E-state index in [-0.39, 0.29) is 0 Å². The van der Waals surface area contributed by atoms with Crippen molar-refractivity contribution >= 4 is 23.4 Å². The second kappa shape index (κ2) is 6.90.